The van der Waals surface area contributed by atoms with Crippen molar-refractivity contribution in [3.8, 4) is 0 Å². The van der Waals surface area contributed by atoms with Crippen molar-refractivity contribution in [2.45, 2.75) is 51.2 Å². The van der Waals surface area contributed by atoms with Gasteiger partial charge >= 0.3 is 0 Å². The Morgan fingerprint density at radius 1 is 1.37 bits per heavy atom. The summed E-state index contributed by atoms with van der Waals surface area (Å²) in [5.74, 6) is -0.322. The van der Waals surface area contributed by atoms with Crippen molar-refractivity contribution >= 4 is 11.6 Å². The molecule has 1 aliphatic heterocycles. The highest BCUT2D eigenvalue weighted by Gasteiger charge is 2.32. The Labute approximate surface area is 119 Å². The van der Waals surface area contributed by atoms with Crippen LogP contribution in [0.5, 0.6) is 0 Å². The molecule has 4 heteroatoms. The maximum Gasteiger partial charge on any atom is 0.146 e. The second kappa shape index (κ2) is 6.21. The van der Waals surface area contributed by atoms with E-state index >= 15 is 0 Å². The van der Waals surface area contributed by atoms with Crippen LogP contribution in [0.2, 0.25) is 5.02 Å². The van der Waals surface area contributed by atoms with E-state index in [9.17, 15) is 4.39 Å². The minimum Gasteiger partial charge on any atom is -0.326 e. The van der Waals surface area contributed by atoms with Crippen LogP contribution in [0.1, 0.15) is 44.7 Å². The van der Waals surface area contributed by atoms with Gasteiger partial charge in [-0.05, 0) is 39.3 Å². The maximum absolute atomic E-state index is 14.3. The first-order valence-corrected chi connectivity index (χ1v) is 7.35. The number of nitrogens with two attached hydrogens (primary N) is 1. The minimum atomic E-state index is -0.322. The molecule has 1 aromatic carbocycles. The molecule has 2 nitrogen and oxygen atoms in total. The van der Waals surface area contributed by atoms with E-state index in [2.05, 4.69) is 18.7 Å². The summed E-state index contributed by atoms with van der Waals surface area (Å²) < 4.78 is 14.3. The standard InChI is InChI=1S/C15H22ClFN2/c1-10(2)19-9-4-3-8-13(18)15(19)11-6-5-7-12(16)14(11)17/h5-7,10,13,15H,3-4,8-9,18H2,1-2H3. The average Bonchev–Trinajstić information content (AvgIpc) is 2.55. The van der Waals surface area contributed by atoms with E-state index in [1.165, 1.54) is 0 Å². The van der Waals surface area contributed by atoms with Crippen LogP contribution in [0.15, 0.2) is 18.2 Å². The summed E-state index contributed by atoms with van der Waals surface area (Å²) in [7, 11) is 0. The van der Waals surface area contributed by atoms with E-state index in [0.717, 1.165) is 25.8 Å². The fourth-order valence-electron chi connectivity index (χ4n) is 2.95. The Morgan fingerprint density at radius 2 is 2.11 bits per heavy atom. The predicted molar refractivity (Wildman–Crippen MR) is 77.8 cm³/mol. The van der Waals surface area contributed by atoms with Gasteiger partial charge in [0.15, 0.2) is 0 Å². The van der Waals surface area contributed by atoms with Gasteiger partial charge in [-0.1, -0.05) is 30.2 Å². The highest BCUT2D eigenvalue weighted by Crippen LogP contribution is 2.34. The van der Waals surface area contributed by atoms with E-state index in [0.29, 0.717) is 11.6 Å². The van der Waals surface area contributed by atoms with Crippen molar-refractivity contribution in [2.75, 3.05) is 6.54 Å². The number of halogens is 2. The molecule has 2 atom stereocenters. The third-order valence-electron chi connectivity index (χ3n) is 3.93. The summed E-state index contributed by atoms with van der Waals surface area (Å²) >= 11 is 5.91. The van der Waals surface area contributed by atoms with Gasteiger partial charge in [0.25, 0.3) is 0 Å². The third kappa shape index (κ3) is 3.10. The molecule has 0 saturated carbocycles. The van der Waals surface area contributed by atoms with Crippen molar-refractivity contribution < 1.29 is 4.39 Å². The lowest BCUT2D eigenvalue weighted by Gasteiger charge is -2.37. The number of benzene rings is 1. The summed E-state index contributed by atoms with van der Waals surface area (Å²) in [6.45, 7) is 5.23. The average molecular weight is 285 g/mol. The molecule has 2 rings (SSSR count). The SMILES string of the molecule is CC(C)N1CCCCC(N)C1c1cccc(Cl)c1F. The molecule has 1 fully saturated rings. The van der Waals surface area contributed by atoms with Crippen LogP contribution in [-0.2, 0) is 0 Å². The number of hydrogen-bond acceptors (Lipinski definition) is 2. The van der Waals surface area contributed by atoms with Gasteiger partial charge < -0.3 is 5.73 Å². The summed E-state index contributed by atoms with van der Waals surface area (Å²) in [4.78, 5) is 2.30. The fraction of sp³-hybridized carbons (Fsp3) is 0.600. The van der Waals surface area contributed by atoms with Crippen LogP contribution < -0.4 is 5.73 Å². The largest absolute Gasteiger partial charge is 0.326 e. The smallest absolute Gasteiger partial charge is 0.146 e. The topological polar surface area (TPSA) is 29.3 Å². The first kappa shape index (κ1) is 14.8. The molecular formula is C15H22ClFN2. The Balaban J connectivity index is 2.43. The Morgan fingerprint density at radius 3 is 2.79 bits per heavy atom. The molecule has 0 bridgehead atoms. The molecule has 1 aromatic rings. The molecule has 0 radical (unpaired) electrons. The molecule has 0 aromatic heterocycles. The van der Waals surface area contributed by atoms with Gasteiger partial charge in [-0.25, -0.2) is 4.39 Å². The lowest BCUT2D eigenvalue weighted by molar-refractivity contribution is 0.141. The highest BCUT2D eigenvalue weighted by molar-refractivity contribution is 6.30. The van der Waals surface area contributed by atoms with E-state index in [1.807, 2.05) is 6.07 Å². The number of likely N-dealkylation sites (tertiary alicyclic amines) is 1. The van der Waals surface area contributed by atoms with E-state index < -0.39 is 0 Å². The number of rotatable bonds is 2. The van der Waals surface area contributed by atoms with Crippen LogP contribution in [0.25, 0.3) is 0 Å². The van der Waals surface area contributed by atoms with Crippen LogP contribution in [0.3, 0.4) is 0 Å². The molecule has 0 spiro atoms. The molecular weight excluding hydrogens is 263 g/mol. The number of hydrogen-bond donors (Lipinski definition) is 1. The third-order valence-corrected chi connectivity index (χ3v) is 4.22. The zero-order chi connectivity index (χ0) is 14.0. The zero-order valence-electron chi connectivity index (χ0n) is 11.6. The molecule has 0 amide bonds. The molecule has 106 valence electrons. The van der Waals surface area contributed by atoms with Gasteiger partial charge in [-0.2, -0.15) is 0 Å². The molecule has 1 saturated heterocycles. The van der Waals surface area contributed by atoms with Crippen molar-refractivity contribution in [1.82, 2.24) is 4.90 Å². The van der Waals surface area contributed by atoms with E-state index in [4.69, 9.17) is 17.3 Å². The second-order valence-electron chi connectivity index (χ2n) is 5.58. The maximum atomic E-state index is 14.3. The summed E-state index contributed by atoms with van der Waals surface area (Å²) in [6, 6.07) is 5.41. The fourth-order valence-corrected chi connectivity index (χ4v) is 3.14. The molecule has 19 heavy (non-hydrogen) atoms. The molecule has 1 heterocycles. The Hall–Kier alpha value is -0.640. The van der Waals surface area contributed by atoms with Crippen LogP contribution in [-0.4, -0.2) is 23.5 Å². The number of nitrogens with zero attached hydrogens (tertiary/aromatic N) is 1. The Bertz CT molecular complexity index is 436. The second-order valence-corrected chi connectivity index (χ2v) is 5.99. The summed E-state index contributed by atoms with van der Waals surface area (Å²) in [6.07, 6.45) is 3.15. The normalized spacial score (nSPS) is 25.6. The van der Waals surface area contributed by atoms with Crippen LogP contribution >= 0.6 is 11.6 Å². The first-order chi connectivity index (χ1) is 9.02. The van der Waals surface area contributed by atoms with Gasteiger partial charge in [-0.3, -0.25) is 4.90 Å². The monoisotopic (exact) mass is 284 g/mol. The lowest BCUT2D eigenvalue weighted by atomic mass is 9.95. The Kier molecular flexibility index (Phi) is 4.82. The summed E-state index contributed by atoms with van der Waals surface area (Å²) in [5.41, 5.74) is 6.94. The molecule has 2 unspecified atom stereocenters. The highest BCUT2D eigenvalue weighted by atomic mass is 35.5. The molecule has 1 aliphatic rings. The first-order valence-electron chi connectivity index (χ1n) is 6.97. The van der Waals surface area contributed by atoms with Crippen LogP contribution in [0.4, 0.5) is 4.39 Å². The minimum absolute atomic E-state index is 0.0436. The van der Waals surface area contributed by atoms with Gasteiger partial charge in [0.1, 0.15) is 5.82 Å². The van der Waals surface area contributed by atoms with Gasteiger partial charge in [-0.15, -0.1) is 0 Å². The zero-order valence-corrected chi connectivity index (χ0v) is 12.3. The van der Waals surface area contributed by atoms with Gasteiger partial charge in [0.2, 0.25) is 0 Å². The predicted octanol–water partition coefficient (Wildman–Crippen LogP) is 3.74. The molecule has 2 N–H and O–H groups in total. The van der Waals surface area contributed by atoms with Crippen molar-refractivity contribution in [3.05, 3.63) is 34.6 Å². The molecule has 0 aliphatic carbocycles. The van der Waals surface area contributed by atoms with Crippen LogP contribution in [0, 0.1) is 5.82 Å². The van der Waals surface area contributed by atoms with Crippen molar-refractivity contribution in [3.63, 3.8) is 0 Å². The summed E-state index contributed by atoms with van der Waals surface area (Å²) in [5, 5.41) is 0.178. The van der Waals surface area contributed by atoms with Gasteiger partial charge in [0, 0.05) is 17.6 Å². The van der Waals surface area contributed by atoms with Crippen molar-refractivity contribution in [2.24, 2.45) is 5.73 Å². The van der Waals surface area contributed by atoms with E-state index in [1.54, 1.807) is 12.1 Å². The lowest BCUT2D eigenvalue weighted by Crippen LogP contribution is -2.43. The quantitative estimate of drug-likeness (QED) is 0.896. The van der Waals surface area contributed by atoms with Gasteiger partial charge in [0.05, 0.1) is 11.1 Å². The van der Waals surface area contributed by atoms with Crippen molar-refractivity contribution in [1.29, 1.82) is 0 Å². The van der Waals surface area contributed by atoms with E-state index in [-0.39, 0.29) is 22.9 Å².